The average molecular weight is 290 g/mol. The molecule has 2 aromatic rings. The van der Waals surface area contributed by atoms with Crippen LogP contribution in [0.2, 0.25) is 0 Å². The first-order chi connectivity index (χ1) is 10.2. The summed E-state index contributed by atoms with van der Waals surface area (Å²) in [6.07, 6.45) is 2.16. The molecule has 1 aliphatic heterocycles. The van der Waals surface area contributed by atoms with Crippen LogP contribution in [0.5, 0.6) is 0 Å². The van der Waals surface area contributed by atoms with Gasteiger partial charge in [0.2, 0.25) is 0 Å². The molecule has 2 heterocycles. The van der Waals surface area contributed by atoms with E-state index in [0.29, 0.717) is 11.5 Å². The second kappa shape index (κ2) is 6.03. The number of hydrogen-bond donors (Lipinski definition) is 1. The molecule has 1 aromatic heterocycles. The summed E-state index contributed by atoms with van der Waals surface area (Å²) in [7, 11) is 1.73. The molecule has 0 saturated carbocycles. The molecule has 1 aliphatic rings. The Morgan fingerprint density at radius 1 is 1.48 bits per heavy atom. The van der Waals surface area contributed by atoms with Crippen LogP contribution in [0.4, 0.5) is 0 Å². The highest BCUT2D eigenvalue weighted by molar-refractivity contribution is 5.73. The maximum Gasteiger partial charge on any atom is 0.419 e. The van der Waals surface area contributed by atoms with Crippen LogP contribution in [-0.2, 0) is 11.8 Å². The summed E-state index contributed by atoms with van der Waals surface area (Å²) in [6.45, 7) is 4.75. The first-order valence-electron chi connectivity index (χ1n) is 7.61. The van der Waals surface area contributed by atoms with Gasteiger partial charge in [-0.2, -0.15) is 0 Å². The summed E-state index contributed by atoms with van der Waals surface area (Å²) < 4.78 is 12.4. The monoisotopic (exact) mass is 290 g/mol. The predicted molar refractivity (Wildman–Crippen MR) is 81.4 cm³/mol. The average Bonchev–Trinajstić information content (AvgIpc) is 3.09. The van der Waals surface area contributed by atoms with Crippen LogP contribution < -0.4 is 11.1 Å². The third kappa shape index (κ3) is 2.76. The summed E-state index contributed by atoms with van der Waals surface area (Å²) >= 11 is 0. The van der Waals surface area contributed by atoms with Gasteiger partial charge in [-0.25, -0.2) is 4.79 Å². The summed E-state index contributed by atoms with van der Waals surface area (Å²) in [5, 5.41) is 3.61. The topological polar surface area (TPSA) is 56.4 Å². The quantitative estimate of drug-likeness (QED) is 0.917. The van der Waals surface area contributed by atoms with Crippen molar-refractivity contribution in [2.24, 2.45) is 13.0 Å². The third-order valence-corrected chi connectivity index (χ3v) is 4.23. The lowest BCUT2D eigenvalue weighted by Crippen LogP contribution is -2.29. The highest BCUT2D eigenvalue weighted by Crippen LogP contribution is 2.30. The number of nitrogens with one attached hydrogen (secondary N) is 1. The van der Waals surface area contributed by atoms with Crippen molar-refractivity contribution in [3.8, 4) is 0 Å². The maximum atomic E-state index is 11.6. The van der Waals surface area contributed by atoms with E-state index in [1.54, 1.807) is 7.05 Å². The first-order valence-corrected chi connectivity index (χ1v) is 7.61. The molecule has 1 N–H and O–H groups in total. The highest BCUT2D eigenvalue weighted by Gasteiger charge is 2.27. The van der Waals surface area contributed by atoms with Gasteiger partial charge in [-0.1, -0.05) is 13.0 Å². The molecule has 1 saturated heterocycles. The molecule has 0 amide bonds. The van der Waals surface area contributed by atoms with Crippen molar-refractivity contribution in [3.63, 3.8) is 0 Å². The van der Waals surface area contributed by atoms with Crippen LogP contribution in [0.3, 0.4) is 0 Å². The molecule has 21 heavy (non-hydrogen) atoms. The van der Waals surface area contributed by atoms with Gasteiger partial charge < -0.3 is 14.5 Å². The van der Waals surface area contributed by atoms with E-state index < -0.39 is 0 Å². The van der Waals surface area contributed by atoms with Crippen molar-refractivity contribution in [2.45, 2.75) is 25.8 Å². The molecule has 0 spiro atoms. The van der Waals surface area contributed by atoms with Crippen molar-refractivity contribution in [1.82, 2.24) is 9.88 Å². The lowest BCUT2D eigenvalue weighted by Gasteiger charge is -2.24. The third-order valence-electron chi connectivity index (χ3n) is 4.23. The Kier molecular flexibility index (Phi) is 4.12. The molecule has 5 heteroatoms. The molecule has 3 rings (SSSR count). The Morgan fingerprint density at radius 2 is 2.33 bits per heavy atom. The number of nitrogens with zero attached hydrogens (tertiary/aromatic N) is 1. The van der Waals surface area contributed by atoms with Crippen LogP contribution in [0.25, 0.3) is 11.1 Å². The molecule has 0 radical (unpaired) electrons. The van der Waals surface area contributed by atoms with E-state index in [0.717, 1.165) is 38.1 Å². The summed E-state index contributed by atoms with van der Waals surface area (Å²) in [4.78, 5) is 11.6. The van der Waals surface area contributed by atoms with Gasteiger partial charge in [-0.3, -0.25) is 4.57 Å². The van der Waals surface area contributed by atoms with E-state index in [4.69, 9.17) is 9.15 Å². The van der Waals surface area contributed by atoms with Gasteiger partial charge >= 0.3 is 5.76 Å². The fourth-order valence-electron chi connectivity index (χ4n) is 3.02. The fourth-order valence-corrected chi connectivity index (χ4v) is 3.02. The smallest absolute Gasteiger partial charge is 0.408 e. The van der Waals surface area contributed by atoms with E-state index in [9.17, 15) is 4.79 Å². The second-order valence-corrected chi connectivity index (χ2v) is 5.71. The van der Waals surface area contributed by atoms with Crippen LogP contribution in [0.15, 0.2) is 27.4 Å². The highest BCUT2D eigenvalue weighted by atomic mass is 16.5. The van der Waals surface area contributed by atoms with Gasteiger partial charge in [0.15, 0.2) is 5.58 Å². The molecule has 1 aromatic carbocycles. The number of rotatable bonds is 5. The molecular formula is C16H22N2O3. The van der Waals surface area contributed by atoms with Crippen LogP contribution >= 0.6 is 0 Å². The number of oxazole rings is 1. The Balaban J connectivity index is 1.95. The Morgan fingerprint density at radius 3 is 3.05 bits per heavy atom. The molecule has 5 nitrogen and oxygen atoms in total. The SMILES string of the molecule is CCCNC(c1ccc2c(c1)oc(=O)n2C)C1CCOC1. The number of hydrogen-bond acceptors (Lipinski definition) is 4. The molecule has 114 valence electrons. The number of fused-ring (bicyclic) bond motifs is 1. The zero-order valence-electron chi connectivity index (χ0n) is 12.6. The minimum Gasteiger partial charge on any atom is -0.408 e. The van der Waals surface area contributed by atoms with Gasteiger partial charge in [0.05, 0.1) is 12.1 Å². The van der Waals surface area contributed by atoms with Gasteiger partial charge in [0.25, 0.3) is 0 Å². The van der Waals surface area contributed by atoms with Gasteiger partial charge in [-0.15, -0.1) is 0 Å². The summed E-state index contributed by atoms with van der Waals surface area (Å²) in [5.74, 6) is 0.161. The Hall–Kier alpha value is -1.59. The second-order valence-electron chi connectivity index (χ2n) is 5.71. The van der Waals surface area contributed by atoms with E-state index >= 15 is 0 Å². The van der Waals surface area contributed by atoms with Gasteiger partial charge in [-0.05, 0) is 37.1 Å². The molecule has 1 fully saturated rings. The minimum atomic E-state index is -0.315. The molecule has 0 bridgehead atoms. The minimum absolute atomic E-state index is 0.252. The lowest BCUT2D eigenvalue weighted by molar-refractivity contribution is 0.176. The van der Waals surface area contributed by atoms with Crippen molar-refractivity contribution in [2.75, 3.05) is 19.8 Å². The van der Waals surface area contributed by atoms with Crippen molar-refractivity contribution < 1.29 is 9.15 Å². The molecule has 2 unspecified atom stereocenters. The molecule has 2 atom stereocenters. The molecular weight excluding hydrogens is 268 g/mol. The van der Waals surface area contributed by atoms with E-state index in [-0.39, 0.29) is 11.8 Å². The van der Waals surface area contributed by atoms with Gasteiger partial charge in [0, 0.05) is 25.6 Å². The zero-order chi connectivity index (χ0) is 14.8. The van der Waals surface area contributed by atoms with Crippen LogP contribution in [0, 0.1) is 5.92 Å². The zero-order valence-corrected chi connectivity index (χ0v) is 12.6. The van der Waals surface area contributed by atoms with Crippen LogP contribution in [-0.4, -0.2) is 24.3 Å². The first kappa shape index (κ1) is 14.4. The fraction of sp³-hybridized carbons (Fsp3) is 0.562. The van der Waals surface area contributed by atoms with Crippen molar-refractivity contribution >= 4 is 11.1 Å². The summed E-state index contributed by atoms with van der Waals surface area (Å²) in [6, 6.07) is 6.29. The van der Waals surface area contributed by atoms with Gasteiger partial charge in [0.1, 0.15) is 0 Å². The maximum absolute atomic E-state index is 11.6. The van der Waals surface area contributed by atoms with E-state index in [1.165, 1.54) is 10.1 Å². The van der Waals surface area contributed by atoms with Crippen molar-refractivity contribution in [1.29, 1.82) is 0 Å². The number of benzene rings is 1. The predicted octanol–water partition coefficient (Wildman–Crippen LogP) is 2.21. The number of aryl methyl sites for hydroxylation is 1. The van der Waals surface area contributed by atoms with E-state index in [2.05, 4.69) is 18.3 Å². The molecule has 0 aliphatic carbocycles. The number of ether oxygens (including phenoxy) is 1. The van der Waals surface area contributed by atoms with Crippen molar-refractivity contribution in [3.05, 3.63) is 34.3 Å². The Bertz CT molecular complexity index is 668. The largest absolute Gasteiger partial charge is 0.419 e. The summed E-state index contributed by atoms with van der Waals surface area (Å²) in [5.41, 5.74) is 2.66. The lowest BCUT2D eigenvalue weighted by atomic mass is 9.92. The Labute approximate surface area is 123 Å². The van der Waals surface area contributed by atoms with E-state index in [1.807, 2.05) is 12.1 Å². The standard InChI is InChI=1S/C16H22N2O3/c1-3-7-17-15(12-6-8-20-10-12)11-4-5-13-14(9-11)21-16(19)18(13)2/h4-5,9,12,15,17H,3,6-8,10H2,1-2H3. The normalized spacial score (nSPS) is 20.2. The number of aromatic nitrogens is 1. The van der Waals surface area contributed by atoms with Crippen LogP contribution in [0.1, 0.15) is 31.4 Å².